The van der Waals surface area contributed by atoms with Crippen LogP contribution in [0.3, 0.4) is 0 Å². The van der Waals surface area contributed by atoms with Gasteiger partial charge in [0.05, 0.1) is 11.8 Å². The highest BCUT2D eigenvalue weighted by Crippen LogP contribution is 2.34. The van der Waals surface area contributed by atoms with Gasteiger partial charge in [-0.15, -0.1) is 0 Å². The Morgan fingerprint density at radius 2 is 1.80 bits per heavy atom. The molecule has 0 aromatic rings. The molecule has 1 amide bonds. The van der Waals surface area contributed by atoms with Crippen LogP contribution in [-0.4, -0.2) is 47.1 Å². The Hall–Kier alpha value is -1.76. The summed E-state index contributed by atoms with van der Waals surface area (Å²) in [5.74, 6) is -3.31. The summed E-state index contributed by atoms with van der Waals surface area (Å²) < 4.78 is 0. The molecule has 0 aromatic heterocycles. The van der Waals surface area contributed by atoms with Crippen molar-refractivity contribution in [2.24, 2.45) is 11.8 Å². The van der Waals surface area contributed by atoms with E-state index in [1.54, 1.807) is 27.8 Å². The summed E-state index contributed by atoms with van der Waals surface area (Å²) in [6.45, 7) is 4.98. The van der Waals surface area contributed by atoms with Crippen molar-refractivity contribution >= 4 is 23.4 Å². The average molecular weight is 353 g/mol. The number of likely N-dealkylation sites (N-methyl/N-ethyl adjacent to an activating group) is 1. The normalized spacial score (nSPS) is 20.2. The summed E-state index contributed by atoms with van der Waals surface area (Å²) in [4.78, 5) is 36.9. The lowest BCUT2D eigenvalue weighted by molar-refractivity contribution is -0.140. The second-order valence-corrected chi connectivity index (χ2v) is 7.08. The van der Waals surface area contributed by atoms with Crippen LogP contribution in [0.15, 0.2) is 0 Å². The van der Waals surface area contributed by atoms with Crippen molar-refractivity contribution < 1.29 is 19.5 Å². The van der Waals surface area contributed by atoms with Crippen molar-refractivity contribution in [3.63, 3.8) is 0 Å². The zero-order valence-corrected chi connectivity index (χ0v) is 15.6. The minimum Gasteiger partial charge on any atom is -0.481 e. The molecular formula is C18H31N3O4. The van der Waals surface area contributed by atoms with E-state index in [2.05, 4.69) is 10.6 Å². The van der Waals surface area contributed by atoms with Gasteiger partial charge < -0.3 is 21.1 Å². The van der Waals surface area contributed by atoms with Gasteiger partial charge in [0.1, 0.15) is 11.5 Å². The quantitative estimate of drug-likeness (QED) is 0.471. The number of nitrogens with one attached hydrogen (secondary N) is 3. The lowest BCUT2D eigenvalue weighted by Crippen LogP contribution is -2.62. The van der Waals surface area contributed by atoms with Crippen LogP contribution < -0.4 is 10.6 Å². The van der Waals surface area contributed by atoms with Crippen molar-refractivity contribution in [2.45, 2.75) is 70.9 Å². The summed E-state index contributed by atoms with van der Waals surface area (Å²) in [7, 11) is 1.66. The lowest BCUT2D eigenvalue weighted by atomic mass is 9.71. The molecule has 0 radical (unpaired) electrons. The van der Waals surface area contributed by atoms with Gasteiger partial charge in [0.15, 0.2) is 0 Å². The first-order valence-corrected chi connectivity index (χ1v) is 9.04. The van der Waals surface area contributed by atoms with Crippen LogP contribution in [0.2, 0.25) is 0 Å². The van der Waals surface area contributed by atoms with Crippen LogP contribution in [0.1, 0.15) is 59.3 Å². The fourth-order valence-electron chi connectivity index (χ4n) is 3.46. The van der Waals surface area contributed by atoms with Crippen molar-refractivity contribution in [3.8, 4) is 0 Å². The molecule has 7 nitrogen and oxygen atoms in total. The number of rotatable bonds is 9. The monoisotopic (exact) mass is 353 g/mol. The lowest BCUT2D eigenvalue weighted by Gasteiger charge is -2.40. The highest BCUT2D eigenvalue weighted by atomic mass is 16.4. The van der Waals surface area contributed by atoms with Crippen molar-refractivity contribution in [1.82, 2.24) is 10.6 Å². The summed E-state index contributed by atoms with van der Waals surface area (Å²) in [6, 6.07) is -0.480. The van der Waals surface area contributed by atoms with Gasteiger partial charge in [-0.05, 0) is 46.1 Å². The van der Waals surface area contributed by atoms with Crippen LogP contribution in [-0.2, 0) is 14.4 Å². The molecule has 1 saturated carbocycles. The molecular weight excluding hydrogens is 322 g/mol. The van der Waals surface area contributed by atoms with Crippen molar-refractivity contribution in [2.75, 3.05) is 7.05 Å². The molecule has 0 heterocycles. The molecule has 7 heteroatoms. The highest BCUT2D eigenvalue weighted by Gasteiger charge is 2.46. The van der Waals surface area contributed by atoms with Gasteiger partial charge in [0.2, 0.25) is 11.7 Å². The Balaban J connectivity index is 3.15. The number of Topliss-reactive ketones (excluding diaryl/α,β-unsaturated/α-hetero) is 1. The number of hydrogen-bond donors (Lipinski definition) is 4. The highest BCUT2D eigenvalue weighted by molar-refractivity contribution is 6.45. The molecule has 1 rings (SSSR count). The molecule has 0 saturated heterocycles. The third-order valence-corrected chi connectivity index (χ3v) is 5.40. The van der Waals surface area contributed by atoms with Gasteiger partial charge in [0.25, 0.3) is 0 Å². The number of amides is 1. The third kappa shape index (κ3) is 4.87. The fourth-order valence-corrected chi connectivity index (χ4v) is 3.46. The number of carbonyl (C=O) groups is 3. The zero-order chi connectivity index (χ0) is 19.2. The fraction of sp³-hybridized carbons (Fsp3) is 0.778. The van der Waals surface area contributed by atoms with E-state index in [-0.39, 0.29) is 18.2 Å². The Bertz CT molecular complexity index is 528. The van der Waals surface area contributed by atoms with Gasteiger partial charge in [0, 0.05) is 0 Å². The van der Waals surface area contributed by atoms with E-state index in [9.17, 15) is 19.5 Å². The molecule has 1 aliphatic carbocycles. The van der Waals surface area contributed by atoms with Crippen LogP contribution >= 0.6 is 0 Å². The molecule has 3 atom stereocenters. The predicted molar refractivity (Wildman–Crippen MR) is 95.8 cm³/mol. The molecule has 1 aliphatic rings. The number of carboxylic acid groups (broad SMARTS) is 1. The molecule has 142 valence electrons. The van der Waals surface area contributed by atoms with E-state index in [1.807, 2.05) is 0 Å². The third-order valence-electron chi connectivity index (χ3n) is 5.40. The number of ketones is 1. The smallest absolute Gasteiger partial charge is 0.312 e. The van der Waals surface area contributed by atoms with E-state index in [0.29, 0.717) is 0 Å². The molecule has 0 bridgehead atoms. The van der Waals surface area contributed by atoms with E-state index >= 15 is 0 Å². The molecule has 4 N–H and O–H groups in total. The van der Waals surface area contributed by atoms with Crippen LogP contribution in [0.25, 0.3) is 0 Å². The largest absolute Gasteiger partial charge is 0.481 e. The maximum Gasteiger partial charge on any atom is 0.312 e. The number of aliphatic carboxylic acids is 1. The van der Waals surface area contributed by atoms with Crippen LogP contribution in [0.4, 0.5) is 0 Å². The van der Waals surface area contributed by atoms with Crippen LogP contribution in [0.5, 0.6) is 0 Å². The Labute approximate surface area is 149 Å². The first kappa shape index (κ1) is 21.3. The Morgan fingerprint density at radius 3 is 2.24 bits per heavy atom. The molecule has 0 aromatic carbocycles. The van der Waals surface area contributed by atoms with Crippen LogP contribution in [0, 0.1) is 17.2 Å². The SMILES string of the molecule is CC[C@@H](C(=N)C(=O)[C@@](C)(NC(=O)[C@H](C)NC)C1CCCCC1)C(=O)O. The maximum atomic E-state index is 13.1. The first-order chi connectivity index (χ1) is 11.7. The van der Waals surface area contributed by atoms with Gasteiger partial charge in [-0.2, -0.15) is 0 Å². The second-order valence-electron chi connectivity index (χ2n) is 7.08. The Morgan fingerprint density at radius 1 is 1.24 bits per heavy atom. The first-order valence-electron chi connectivity index (χ1n) is 9.04. The standard InChI is InChI=1S/C18H31N3O4/c1-5-13(17(24)25)14(19)15(22)18(3,12-9-7-6-8-10-12)21-16(23)11(2)20-4/h11-13,19-20H,5-10H2,1-4H3,(H,21,23)(H,24,25)/t11-,13-,18-/m0/s1. The van der Waals surface area contributed by atoms with Crippen molar-refractivity contribution in [1.29, 1.82) is 5.41 Å². The summed E-state index contributed by atoms with van der Waals surface area (Å²) in [5, 5.41) is 23.1. The van der Waals surface area contributed by atoms with Gasteiger partial charge in [-0.25, -0.2) is 0 Å². The topological polar surface area (TPSA) is 119 Å². The van der Waals surface area contributed by atoms with Gasteiger partial charge in [-0.3, -0.25) is 14.4 Å². The predicted octanol–water partition coefficient (Wildman–Crippen LogP) is 1.75. The molecule has 0 aliphatic heterocycles. The van der Waals surface area contributed by atoms with Gasteiger partial charge >= 0.3 is 5.97 Å². The zero-order valence-electron chi connectivity index (χ0n) is 15.6. The summed E-state index contributed by atoms with van der Waals surface area (Å²) in [5.41, 5.74) is -1.68. The van der Waals surface area contributed by atoms with E-state index < -0.39 is 35.0 Å². The number of carbonyl (C=O) groups excluding carboxylic acids is 2. The van der Waals surface area contributed by atoms with Gasteiger partial charge in [-0.1, -0.05) is 26.2 Å². The molecule has 25 heavy (non-hydrogen) atoms. The van der Waals surface area contributed by atoms with E-state index in [0.717, 1.165) is 32.1 Å². The van der Waals surface area contributed by atoms with E-state index in [4.69, 9.17) is 5.41 Å². The summed E-state index contributed by atoms with van der Waals surface area (Å²) >= 11 is 0. The maximum absolute atomic E-state index is 13.1. The minimum atomic E-state index is -1.25. The Kier molecular flexibility index (Phi) is 7.73. The van der Waals surface area contributed by atoms with E-state index in [1.165, 1.54) is 0 Å². The average Bonchev–Trinajstić information content (AvgIpc) is 2.60. The molecule has 1 fully saturated rings. The number of hydrogen-bond acceptors (Lipinski definition) is 5. The van der Waals surface area contributed by atoms with Crippen molar-refractivity contribution in [3.05, 3.63) is 0 Å². The molecule has 0 spiro atoms. The second kappa shape index (κ2) is 9.08. The summed E-state index contributed by atoms with van der Waals surface area (Å²) in [6.07, 6.45) is 4.76. The minimum absolute atomic E-state index is 0.0894. The number of carboxylic acids is 1. The molecule has 0 unspecified atom stereocenters.